The van der Waals surface area contributed by atoms with Crippen molar-refractivity contribution in [3.8, 4) is 11.5 Å². The van der Waals surface area contributed by atoms with Crippen LogP contribution in [0.2, 0.25) is 0 Å². The van der Waals surface area contributed by atoms with Crippen LogP contribution >= 0.6 is 0 Å². The van der Waals surface area contributed by atoms with Crippen molar-refractivity contribution < 1.29 is 28.6 Å². The molecule has 3 aromatic carbocycles. The van der Waals surface area contributed by atoms with Gasteiger partial charge in [-0.15, -0.1) is 0 Å². The lowest BCUT2D eigenvalue weighted by Crippen LogP contribution is -2.29. The van der Waals surface area contributed by atoms with Gasteiger partial charge >= 0.3 is 0 Å². The number of hydrogen-bond acceptors (Lipinski definition) is 6. The zero-order valence-electron chi connectivity index (χ0n) is 22.1. The van der Waals surface area contributed by atoms with Gasteiger partial charge in [-0.1, -0.05) is 54.6 Å². The number of likely N-dealkylation sites (tertiary alicyclic amines) is 1. The number of carbonyl (C=O) groups excluding carboxylic acids is 2. The second-order valence-corrected chi connectivity index (χ2v) is 9.48. The van der Waals surface area contributed by atoms with Gasteiger partial charge in [-0.05, 0) is 66.6 Å². The summed E-state index contributed by atoms with van der Waals surface area (Å²) >= 11 is 0. The molecule has 0 saturated carbocycles. The minimum absolute atomic E-state index is 0.00439. The SMILES string of the molecule is C=CCOc1ccc(C2C(=C(O)c3ccc(OCc4cccc(C)c4)cc3)C(=O)C(=O)N2Cc2ccco2)cc1. The zero-order valence-corrected chi connectivity index (χ0v) is 22.1. The van der Waals surface area contributed by atoms with E-state index in [2.05, 4.69) is 12.6 Å². The molecule has 0 spiro atoms. The Labute approximate surface area is 232 Å². The predicted octanol–water partition coefficient (Wildman–Crippen LogP) is 6.35. The Bertz CT molecular complexity index is 1530. The number of aliphatic hydroxyl groups is 1. The number of Topliss-reactive ketones (excluding diaryl/α,β-unsaturated/α-hetero) is 1. The van der Waals surface area contributed by atoms with Crippen molar-refractivity contribution in [3.05, 3.63) is 137 Å². The van der Waals surface area contributed by atoms with E-state index in [-0.39, 0.29) is 17.9 Å². The minimum atomic E-state index is -0.823. The Morgan fingerprint density at radius 3 is 2.38 bits per heavy atom. The van der Waals surface area contributed by atoms with Crippen molar-refractivity contribution in [2.45, 2.75) is 26.1 Å². The standard InChI is InChI=1S/C33H29NO6/c1-3-17-38-26-13-9-24(10-14-26)30-29(32(36)33(37)34(30)20-28-8-5-18-39-28)31(35)25-11-15-27(16-12-25)40-21-23-7-4-6-22(2)19-23/h3-16,18-19,30,35H,1,17,20-21H2,2H3. The predicted molar refractivity (Wildman–Crippen MR) is 151 cm³/mol. The summed E-state index contributed by atoms with van der Waals surface area (Å²) in [7, 11) is 0. The average Bonchev–Trinajstić information content (AvgIpc) is 3.58. The molecule has 7 nitrogen and oxygen atoms in total. The number of benzene rings is 3. The van der Waals surface area contributed by atoms with Gasteiger partial charge in [0.2, 0.25) is 0 Å². The van der Waals surface area contributed by atoms with Gasteiger partial charge in [0, 0.05) is 5.56 Å². The molecule has 5 rings (SSSR count). The van der Waals surface area contributed by atoms with Crippen LogP contribution in [-0.2, 0) is 22.7 Å². The summed E-state index contributed by atoms with van der Waals surface area (Å²) in [5.74, 6) is 0.0141. The molecule has 1 aliphatic rings. The summed E-state index contributed by atoms with van der Waals surface area (Å²) in [5.41, 5.74) is 3.25. The molecule has 1 aromatic heterocycles. The first-order valence-electron chi connectivity index (χ1n) is 12.9. The van der Waals surface area contributed by atoms with E-state index in [4.69, 9.17) is 13.9 Å². The number of ether oxygens (including phenoxy) is 2. The third-order valence-electron chi connectivity index (χ3n) is 6.63. The summed E-state index contributed by atoms with van der Waals surface area (Å²) in [5, 5.41) is 11.4. The van der Waals surface area contributed by atoms with Gasteiger partial charge in [0.05, 0.1) is 24.4 Å². The number of aryl methyl sites for hydroxylation is 1. The lowest BCUT2D eigenvalue weighted by atomic mass is 9.95. The first kappa shape index (κ1) is 26.6. The third kappa shape index (κ3) is 5.68. The average molecular weight is 536 g/mol. The second kappa shape index (κ2) is 11.8. The van der Waals surface area contributed by atoms with Crippen molar-refractivity contribution in [2.24, 2.45) is 0 Å². The molecule has 1 fully saturated rings. The van der Waals surface area contributed by atoms with Gasteiger partial charge in [0.25, 0.3) is 11.7 Å². The van der Waals surface area contributed by atoms with E-state index in [1.54, 1.807) is 66.7 Å². The molecular formula is C33H29NO6. The van der Waals surface area contributed by atoms with Crippen LogP contribution in [0.25, 0.3) is 5.76 Å². The van der Waals surface area contributed by atoms with Gasteiger partial charge in [0.1, 0.15) is 36.2 Å². The van der Waals surface area contributed by atoms with Crippen LogP contribution in [0.15, 0.2) is 114 Å². The van der Waals surface area contributed by atoms with Crippen molar-refractivity contribution in [1.29, 1.82) is 0 Å². The molecule has 1 unspecified atom stereocenters. The van der Waals surface area contributed by atoms with E-state index in [0.29, 0.717) is 41.6 Å². The summed E-state index contributed by atoms with van der Waals surface area (Å²) in [6.07, 6.45) is 3.15. The van der Waals surface area contributed by atoms with Gasteiger partial charge in [-0.25, -0.2) is 0 Å². The molecule has 1 aliphatic heterocycles. The van der Waals surface area contributed by atoms with E-state index < -0.39 is 17.7 Å². The molecule has 1 N–H and O–H groups in total. The highest BCUT2D eigenvalue weighted by atomic mass is 16.5. The molecule has 1 atom stereocenters. The smallest absolute Gasteiger partial charge is 0.296 e. The molecule has 1 amide bonds. The molecule has 2 heterocycles. The maximum atomic E-state index is 13.3. The molecular weight excluding hydrogens is 506 g/mol. The Hall–Kier alpha value is -5.04. The fraction of sp³-hybridized carbons (Fsp3) is 0.152. The quantitative estimate of drug-likeness (QED) is 0.110. The lowest BCUT2D eigenvalue weighted by Gasteiger charge is -2.24. The Balaban J connectivity index is 1.45. The molecule has 0 radical (unpaired) electrons. The summed E-state index contributed by atoms with van der Waals surface area (Å²) in [6.45, 7) is 6.49. The number of ketones is 1. The van der Waals surface area contributed by atoms with Gasteiger partial charge < -0.3 is 23.9 Å². The van der Waals surface area contributed by atoms with E-state index >= 15 is 0 Å². The Morgan fingerprint density at radius 1 is 0.975 bits per heavy atom. The highest BCUT2D eigenvalue weighted by Crippen LogP contribution is 2.41. The number of nitrogens with zero attached hydrogens (tertiary/aromatic N) is 1. The van der Waals surface area contributed by atoms with Crippen LogP contribution in [-0.4, -0.2) is 28.3 Å². The topological polar surface area (TPSA) is 89.2 Å². The summed E-state index contributed by atoms with van der Waals surface area (Å²) in [4.78, 5) is 27.9. The molecule has 40 heavy (non-hydrogen) atoms. The van der Waals surface area contributed by atoms with Crippen LogP contribution < -0.4 is 9.47 Å². The molecule has 7 heteroatoms. The first-order chi connectivity index (χ1) is 19.4. The normalized spacial score (nSPS) is 16.2. The number of rotatable bonds is 10. The van der Waals surface area contributed by atoms with Crippen LogP contribution in [0.3, 0.4) is 0 Å². The molecule has 0 bridgehead atoms. The van der Waals surface area contributed by atoms with E-state index in [0.717, 1.165) is 11.1 Å². The fourth-order valence-corrected chi connectivity index (χ4v) is 4.69. The highest BCUT2D eigenvalue weighted by Gasteiger charge is 2.46. The summed E-state index contributed by atoms with van der Waals surface area (Å²) in [6, 6.07) is 24.5. The van der Waals surface area contributed by atoms with Gasteiger partial charge in [-0.3, -0.25) is 9.59 Å². The third-order valence-corrected chi connectivity index (χ3v) is 6.63. The molecule has 0 aliphatic carbocycles. The number of amides is 1. The van der Waals surface area contributed by atoms with Gasteiger partial charge in [-0.2, -0.15) is 0 Å². The largest absolute Gasteiger partial charge is 0.507 e. The maximum Gasteiger partial charge on any atom is 0.296 e. The number of carbonyl (C=O) groups is 2. The molecule has 4 aromatic rings. The monoisotopic (exact) mass is 535 g/mol. The Morgan fingerprint density at radius 2 is 1.70 bits per heavy atom. The van der Waals surface area contributed by atoms with Crippen LogP contribution in [0.5, 0.6) is 11.5 Å². The maximum absolute atomic E-state index is 13.3. The van der Waals surface area contributed by atoms with Crippen molar-refractivity contribution in [3.63, 3.8) is 0 Å². The first-order valence-corrected chi connectivity index (χ1v) is 12.9. The van der Waals surface area contributed by atoms with E-state index in [1.165, 1.54) is 11.2 Å². The number of furan rings is 1. The van der Waals surface area contributed by atoms with Crippen LogP contribution in [0.4, 0.5) is 0 Å². The van der Waals surface area contributed by atoms with E-state index in [9.17, 15) is 14.7 Å². The fourth-order valence-electron chi connectivity index (χ4n) is 4.69. The van der Waals surface area contributed by atoms with Crippen molar-refractivity contribution in [1.82, 2.24) is 4.90 Å². The minimum Gasteiger partial charge on any atom is -0.507 e. The lowest BCUT2D eigenvalue weighted by molar-refractivity contribution is -0.140. The number of hydrogen-bond donors (Lipinski definition) is 1. The summed E-state index contributed by atoms with van der Waals surface area (Å²) < 4.78 is 16.9. The van der Waals surface area contributed by atoms with Crippen molar-refractivity contribution in [2.75, 3.05) is 6.61 Å². The molecule has 1 saturated heterocycles. The van der Waals surface area contributed by atoms with Crippen LogP contribution in [0.1, 0.15) is 34.1 Å². The van der Waals surface area contributed by atoms with E-state index in [1.807, 2.05) is 25.1 Å². The highest BCUT2D eigenvalue weighted by molar-refractivity contribution is 6.46. The molecule has 202 valence electrons. The van der Waals surface area contributed by atoms with Crippen molar-refractivity contribution >= 4 is 17.4 Å². The number of aliphatic hydroxyl groups excluding tert-OH is 1. The second-order valence-electron chi connectivity index (χ2n) is 9.48. The zero-order chi connectivity index (χ0) is 28.1. The van der Waals surface area contributed by atoms with Crippen LogP contribution in [0, 0.1) is 6.92 Å². The van der Waals surface area contributed by atoms with Gasteiger partial charge in [0.15, 0.2) is 0 Å². The Kier molecular flexibility index (Phi) is 7.82.